The smallest absolute Gasteiger partial charge is 0.350 e. The van der Waals surface area contributed by atoms with Crippen molar-refractivity contribution in [2.24, 2.45) is 5.73 Å². The molecule has 0 radical (unpaired) electrons. The molecule has 2 aromatic rings. The Hall–Kier alpha value is -2.71. The highest BCUT2D eigenvalue weighted by Gasteiger charge is 2.29. The van der Waals surface area contributed by atoms with E-state index in [0.717, 1.165) is 23.3 Å². The molecule has 0 bridgehead atoms. The maximum Gasteiger partial charge on any atom is 0.350 e. The first-order chi connectivity index (χ1) is 14.0. The van der Waals surface area contributed by atoms with Gasteiger partial charge in [0.1, 0.15) is 4.88 Å². The molecule has 1 aromatic carbocycles. The molecule has 1 fully saturated rings. The number of hydrogen-bond acceptors (Lipinski definition) is 6. The highest BCUT2D eigenvalue weighted by Crippen LogP contribution is 2.35. The van der Waals surface area contributed by atoms with Crippen molar-refractivity contribution in [2.45, 2.75) is 32.2 Å². The molecule has 1 aliphatic rings. The molecular formula is C21H25N3O4S. The van der Waals surface area contributed by atoms with Crippen LogP contribution in [-0.4, -0.2) is 48.4 Å². The van der Waals surface area contributed by atoms with E-state index in [2.05, 4.69) is 5.32 Å². The van der Waals surface area contributed by atoms with Crippen LogP contribution in [0.2, 0.25) is 0 Å². The van der Waals surface area contributed by atoms with Crippen LogP contribution in [0.3, 0.4) is 0 Å². The van der Waals surface area contributed by atoms with Gasteiger partial charge in [0, 0.05) is 4.88 Å². The second-order valence-corrected chi connectivity index (χ2v) is 7.92. The molecule has 0 aliphatic carbocycles. The van der Waals surface area contributed by atoms with Crippen molar-refractivity contribution >= 4 is 34.8 Å². The molecule has 154 valence electrons. The predicted molar refractivity (Wildman–Crippen MR) is 113 cm³/mol. The van der Waals surface area contributed by atoms with Crippen molar-refractivity contribution in [1.29, 1.82) is 0 Å². The van der Waals surface area contributed by atoms with Gasteiger partial charge in [-0.15, -0.1) is 11.3 Å². The fraction of sp³-hybridized carbons (Fsp3) is 0.381. The number of hydrogen-bond donors (Lipinski definition) is 2. The Morgan fingerprint density at radius 2 is 2.00 bits per heavy atom. The first-order valence-electron chi connectivity index (χ1n) is 9.69. The quantitative estimate of drug-likeness (QED) is 0.677. The van der Waals surface area contributed by atoms with E-state index in [4.69, 9.17) is 10.5 Å². The fourth-order valence-electron chi connectivity index (χ4n) is 3.45. The SMILES string of the molecule is CCOC(=O)c1sc(-c2ccccc2)cc1NC(=O)CN1CCCCC1C(N)=O. The van der Waals surface area contributed by atoms with E-state index in [1.54, 1.807) is 17.9 Å². The zero-order valence-corrected chi connectivity index (χ0v) is 17.2. The first-order valence-corrected chi connectivity index (χ1v) is 10.5. The molecule has 7 nitrogen and oxygen atoms in total. The number of rotatable bonds is 7. The highest BCUT2D eigenvalue weighted by atomic mass is 32.1. The van der Waals surface area contributed by atoms with Crippen LogP contribution >= 0.6 is 11.3 Å². The Morgan fingerprint density at radius 1 is 1.24 bits per heavy atom. The molecule has 1 atom stereocenters. The van der Waals surface area contributed by atoms with Gasteiger partial charge in [-0.25, -0.2) is 4.79 Å². The number of carbonyl (C=O) groups excluding carboxylic acids is 3. The van der Waals surface area contributed by atoms with Gasteiger partial charge < -0.3 is 15.8 Å². The number of amides is 2. The summed E-state index contributed by atoms with van der Waals surface area (Å²) in [7, 11) is 0. The van der Waals surface area contributed by atoms with E-state index >= 15 is 0 Å². The second kappa shape index (κ2) is 9.67. The van der Waals surface area contributed by atoms with Crippen molar-refractivity contribution in [3.8, 4) is 10.4 Å². The lowest BCUT2D eigenvalue weighted by Gasteiger charge is -2.32. The molecule has 0 spiro atoms. The summed E-state index contributed by atoms with van der Waals surface area (Å²) in [6.07, 6.45) is 2.50. The minimum atomic E-state index is -0.469. The highest BCUT2D eigenvalue weighted by molar-refractivity contribution is 7.18. The first kappa shape index (κ1) is 21.0. The lowest BCUT2D eigenvalue weighted by atomic mass is 10.0. The van der Waals surface area contributed by atoms with Crippen LogP contribution in [0.25, 0.3) is 10.4 Å². The van der Waals surface area contributed by atoms with Gasteiger partial charge in [0.25, 0.3) is 0 Å². The van der Waals surface area contributed by atoms with Gasteiger partial charge in [0.2, 0.25) is 11.8 Å². The summed E-state index contributed by atoms with van der Waals surface area (Å²) in [5.41, 5.74) is 6.85. The van der Waals surface area contributed by atoms with Gasteiger partial charge >= 0.3 is 5.97 Å². The number of piperidine rings is 1. The van der Waals surface area contributed by atoms with E-state index in [9.17, 15) is 14.4 Å². The van der Waals surface area contributed by atoms with Gasteiger partial charge in [-0.2, -0.15) is 0 Å². The van der Waals surface area contributed by atoms with Gasteiger partial charge in [-0.3, -0.25) is 14.5 Å². The number of primary amides is 1. The molecule has 1 saturated heterocycles. The molecule has 3 rings (SSSR count). The third-order valence-electron chi connectivity index (χ3n) is 4.81. The summed E-state index contributed by atoms with van der Waals surface area (Å²) in [4.78, 5) is 39.7. The van der Waals surface area contributed by atoms with E-state index in [1.807, 2.05) is 30.3 Å². The monoisotopic (exact) mass is 415 g/mol. The molecule has 2 heterocycles. The van der Waals surface area contributed by atoms with Crippen LogP contribution in [0.5, 0.6) is 0 Å². The average Bonchev–Trinajstić information content (AvgIpc) is 3.13. The summed E-state index contributed by atoms with van der Waals surface area (Å²) in [6.45, 7) is 2.68. The normalized spacial score (nSPS) is 16.9. The molecule has 1 aliphatic heterocycles. The average molecular weight is 416 g/mol. The number of likely N-dealkylation sites (tertiary alicyclic amines) is 1. The van der Waals surface area contributed by atoms with Gasteiger partial charge in [0.15, 0.2) is 0 Å². The molecule has 3 N–H and O–H groups in total. The summed E-state index contributed by atoms with van der Waals surface area (Å²) in [6, 6.07) is 11.0. The lowest BCUT2D eigenvalue weighted by molar-refractivity contribution is -0.126. The summed E-state index contributed by atoms with van der Waals surface area (Å²) in [5.74, 6) is -1.17. The Labute approximate surface area is 173 Å². The predicted octanol–water partition coefficient (Wildman–Crippen LogP) is 2.87. The zero-order chi connectivity index (χ0) is 20.8. The maximum absolute atomic E-state index is 12.7. The minimum Gasteiger partial charge on any atom is -0.462 e. The third-order valence-corrected chi connectivity index (χ3v) is 5.98. The fourth-order valence-corrected chi connectivity index (χ4v) is 4.47. The van der Waals surface area contributed by atoms with Crippen molar-refractivity contribution in [3.05, 3.63) is 41.3 Å². The maximum atomic E-state index is 12.7. The molecular weight excluding hydrogens is 390 g/mol. The molecule has 8 heteroatoms. The van der Waals surface area contributed by atoms with Crippen molar-refractivity contribution in [1.82, 2.24) is 4.90 Å². The van der Waals surface area contributed by atoms with E-state index in [0.29, 0.717) is 23.5 Å². The largest absolute Gasteiger partial charge is 0.462 e. The number of esters is 1. The molecule has 1 aromatic heterocycles. The number of carbonyl (C=O) groups is 3. The number of thiophene rings is 1. The van der Waals surface area contributed by atoms with Crippen LogP contribution < -0.4 is 11.1 Å². The molecule has 29 heavy (non-hydrogen) atoms. The van der Waals surface area contributed by atoms with E-state index in [-0.39, 0.29) is 19.1 Å². The number of anilines is 1. The van der Waals surface area contributed by atoms with Gasteiger partial charge in [0.05, 0.1) is 24.9 Å². The molecule has 2 amide bonds. The Kier molecular flexibility index (Phi) is 7.00. The minimum absolute atomic E-state index is 0.0480. The summed E-state index contributed by atoms with van der Waals surface area (Å²) >= 11 is 1.28. The Balaban J connectivity index is 1.79. The number of nitrogens with two attached hydrogens (primary N) is 1. The lowest BCUT2D eigenvalue weighted by Crippen LogP contribution is -2.50. The van der Waals surface area contributed by atoms with Crippen molar-refractivity contribution in [3.63, 3.8) is 0 Å². The standard InChI is InChI=1S/C21H25N3O4S/c1-2-28-21(27)19-15(12-17(29-19)14-8-4-3-5-9-14)23-18(25)13-24-11-7-6-10-16(24)20(22)26/h3-5,8-9,12,16H,2,6-7,10-11,13H2,1H3,(H2,22,26)(H,23,25). The van der Waals surface area contributed by atoms with Gasteiger partial charge in [-0.05, 0) is 37.9 Å². The van der Waals surface area contributed by atoms with Crippen molar-refractivity contribution in [2.75, 3.05) is 25.0 Å². The van der Waals surface area contributed by atoms with Crippen LogP contribution in [-0.2, 0) is 14.3 Å². The summed E-state index contributed by atoms with van der Waals surface area (Å²) < 4.78 is 5.15. The van der Waals surface area contributed by atoms with E-state index in [1.165, 1.54) is 11.3 Å². The van der Waals surface area contributed by atoms with Crippen LogP contribution in [0.4, 0.5) is 5.69 Å². The van der Waals surface area contributed by atoms with Gasteiger partial charge in [-0.1, -0.05) is 36.8 Å². The number of nitrogens with one attached hydrogen (secondary N) is 1. The van der Waals surface area contributed by atoms with Crippen LogP contribution in [0.1, 0.15) is 35.9 Å². The van der Waals surface area contributed by atoms with Crippen LogP contribution in [0, 0.1) is 0 Å². The second-order valence-electron chi connectivity index (χ2n) is 6.87. The van der Waals surface area contributed by atoms with Crippen molar-refractivity contribution < 1.29 is 19.1 Å². The number of ether oxygens (including phenoxy) is 1. The number of nitrogens with zero attached hydrogens (tertiary/aromatic N) is 1. The zero-order valence-electron chi connectivity index (χ0n) is 16.3. The Bertz CT molecular complexity index is 881. The third kappa shape index (κ3) is 5.21. The molecule has 1 unspecified atom stereocenters. The van der Waals surface area contributed by atoms with E-state index < -0.39 is 17.9 Å². The topological polar surface area (TPSA) is 102 Å². The molecule has 0 saturated carbocycles. The Morgan fingerprint density at radius 3 is 2.69 bits per heavy atom. The van der Waals surface area contributed by atoms with Crippen LogP contribution in [0.15, 0.2) is 36.4 Å². The summed E-state index contributed by atoms with van der Waals surface area (Å²) in [5, 5.41) is 2.82. The number of benzene rings is 1.